The second kappa shape index (κ2) is 8.70. The minimum Gasteiger partial charge on any atom is -0.493 e. The molecule has 162 valence electrons. The van der Waals surface area contributed by atoms with E-state index >= 15 is 0 Å². The number of ether oxygens (including phenoxy) is 2. The maximum Gasteiger partial charge on any atom is 0.274 e. The number of thiazole rings is 1. The van der Waals surface area contributed by atoms with Gasteiger partial charge in [-0.1, -0.05) is 41.7 Å². The molecule has 0 amide bonds. The van der Waals surface area contributed by atoms with Crippen molar-refractivity contribution in [1.29, 1.82) is 5.26 Å². The number of halogens is 1. The summed E-state index contributed by atoms with van der Waals surface area (Å²) in [7, 11) is 1.56. The van der Waals surface area contributed by atoms with Crippen molar-refractivity contribution in [2.24, 2.45) is 0 Å². The van der Waals surface area contributed by atoms with Crippen LogP contribution in [0.1, 0.15) is 16.7 Å². The Kier molecular flexibility index (Phi) is 5.58. The van der Waals surface area contributed by atoms with Crippen molar-refractivity contribution in [2.75, 3.05) is 7.11 Å². The zero-order chi connectivity index (χ0) is 22.9. The summed E-state index contributed by atoms with van der Waals surface area (Å²) in [5.74, 6) is 1.04. The van der Waals surface area contributed by atoms with Gasteiger partial charge in [-0.05, 0) is 57.9 Å². The molecule has 0 atom stereocenters. The first-order valence-electron chi connectivity index (χ1n) is 9.99. The number of imidazole rings is 1. The van der Waals surface area contributed by atoms with Gasteiger partial charge < -0.3 is 9.47 Å². The highest BCUT2D eigenvalue weighted by molar-refractivity contribution is 9.10. The highest BCUT2D eigenvalue weighted by Gasteiger charge is 2.14. The first-order chi connectivity index (χ1) is 16.1. The van der Waals surface area contributed by atoms with Crippen LogP contribution in [0.5, 0.6) is 11.5 Å². The zero-order valence-corrected chi connectivity index (χ0v) is 19.8. The van der Waals surface area contributed by atoms with E-state index in [0.29, 0.717) is 31.0 Å². The number of benzene rings is 3. The fourth-order valence-corrected chi connectivity index (χ4v) is 5.19. The van der Waals surface area contributed by atoms with E-state index in [0.717, 1.165) is 22.2 Å². The molecule has 0 unspecified atom stereocenters. The molecule has 5 aromatic rings. The molecule has 0 aliphatic rings. The summed E-state index contributed by atoms with van der Waals surface area (Å²) < 4.78 is 14.4. The average molecular weight is 518 g/mol. The highest BCUT2D eigenvalue weighted by atomic mass is 79.9. The van der Waals surface area contributed by atoms with Crippen LogP contribution in [0.3, 0.4) is 0 Å². The van der Waals surface area contributed by atoms with E-state index in [2.05, 4.69) is 27.0 Å². The maximum atomic E-state index is 13.0. The average Bonchev–Trinajstić information content (AvgIpc) is 3.34. The molecule has 6 nitrogen and oxygen atoms in total. The second-order valence-electron chi connectivity index (χ2n) is 7.23. The van der Waals surface area contributed by atoms with Crippen molar-refractivity contribution in [3.05, 3.63) is 96.7 Å². The van der Waals surface area contributed by atoms with Crippen LogP contribution in [-0.2, 0) is 6.61 Å². The van der Waals surface area contributed by atoms with Gasteiger partial charge in [0.2, 0.25) is 0 Å². The van der Waals surface area contributed by atoms with E-state index in [1.165, 1.54) is 11.3 Å². The largest absolute Gasteiger partial charge is 0.493 e. The van der Waals surface area contributed by atoms with Crippen LogP contribution in [0.2, 0.25) is 0 Å². The van der Waals surface area contributed by atoms with E-state index < -0.39 is 0 Å². The molecule has 3 aromatic carbocycles. The number of hydrogen-bond donors (Lipinski definition) is 0. The molecule has 0 bridgehead atoms. The molecule has 0 saturated heterocycles. The van der Waals surface area contributed by atoms with Crippen molar-refractivity contribution in [3.8, 4) is 17.6 Å². The van der Waals surface area contributed by atoms with Gasteiger partial charge >= 0.3 is 0 Å². The Morgan fingerprint density at radius 3 is 2.79 bits per heavy atom. The number of para-hydroxylation sites is 2. The molecular formula is C25H16BrN3O3S. The first kappa shape index (κ1) is 21.2. The number of methoxy groups -OCH3 is 1. The molecule has 0 spiro atoms. The number of aromatic nitrogens is 2. The summed E-state index contributed by atoms with van der Waals surface area (Å²) in [6, 6.07) is 20.7. The summed E-state index contributed by atoms with van der Waals surface area (Å²) >= 11 is 4.90. The first-order valence-corrected chi connectivity index (χ1v) is 11.6. The Morgan fingerprint density at radius 2 is 1.97 bits per heavy atom. The molecule has 2 aromatic heterocycles. The summed E-state index contributed by atoms with van der Waals surface area (Å²) in [6.07, 6.45) is 1.82. The quantitative estimate of drug-likeness (QED) is 0.338. The third kappa shape index (κ3) is 3.86. The van der Waals surface area contributed by atoms with Crippen molar-refractivity contribution < 1.29 is 9.47 Å². The summed E-state index contributed by atoms with van der Waals surface area (Å²) in [6.45, 7) is 0.224. The highest BCUT2D eigenvalue weighted by Crippen LogP contribution is 2.37. The van der Waals surface area contributed by atoms with E-state index in [9.17, 15) is 10.1 Å². The molecule has 8 heteroatoms. The van der Waals surface area contributed by atoms with Crippen LogP contribution < -0.4 is 19.6 Å². The molecule has 0 aliphatic heterocycles. The Hall–Kier alpha value is -3.67. The van der Waals surface area contributed by atoms with E-state index in [1.807, 2.05) is 60.7 Å². The number of nitrogens with zero attached hydrogens (tertiary/aromatic N) is 3. The summed E-state index contributed by atoms with van der Waals surface area (Å²) in [4.78, 5) is 18.3. The zero-order valence-electron chi connectivity index (χ0n) is 17.4. The van der Waals surface area contributed by atoms with Crippen LogP contribution >= 0.6 is 27.3 Å². The van der Waals surface area contributed by atoms with Gasteiger partial charge in [-0.25, -0.2) is 9.38 Å². The van der Waals surface area contributed by atoms with Gasteiger partial charge in [0.05, 0.1) is 38.8 Å². The lowest BCUT2D eigenvalue weighted by atomic mass is 10.1. The predicted octanol–water partition coefficient (Wildman–Crippen LogP) is 4.68. The minimum atomic E-state index is -0.104. The summed E-state index contributed by atoms with van der Waals surface area (Å²) in [5, 5.41) is 9.29. The fraction of sp³-hybridized carbons (Fsp3) is 0.0800. The van der Waals surface area contributed by atoms with E-state index in [1.54, 1.807) is 17.6 Å². The van der Waals surface area contributed by atoms with E-state index in [-0.39, 0.29) is 12.2 Å². The van der Waals surface area contributed by atoms with Gasteiger partial charge in [-0.2, -0.15) is 5.26 Å². The van der Waals surface area contributed by atoms with Crippen molar-refractivity contribution in [1.82, 2.24) is 9.38 Å². The Labute approximate surface area is 201 Å². The van der Waals surface area contributed by atoms with Crippen molar-refractivity contribution >= 4 is 49.3 Å². The lowest BCUT2D eigenvalue weighted by Gasteiger charge is -2.14. The van der Waals surface area contributed by atoms with Gasteiger partial charge in [0.15, 0.2) is 16.5 Å². The topological polar surface area (TPSA) is 76.6 Å². The summed E-state index contributed by atoms with van der Waals surface area (Å²) in [5.41, 5.74) is 3.64. The number of hydrogen-bond acceptors (Lipinski definition) is 6. The lowest BCUT2D eigenvalue weighted by molar-refractivity contribution is 0.282. The third-order valence-electron chi connectivity index (χ3n) is 5.20. The third-order valence-corrected chi connectivity index (χ3v) is 6.76. The number of nitriles is 1. The van der Waals surface area contributed by atoms with E-state index in [4.69, 9.17) is 9.47 Å². The molecule has 5 rings (SSSR count). The molecule has 2 heterocycles. The monoisotopic (exact) mass is 517 g/mol. The van der Waals surface area contributed by atoms with Crippen molar-refractivity contribution in [3.63, 3.8) is 0 Å². The fourth-order valence-electron chi connectivity index (χ4n) is 3.63. The normalized spacial score (nSPS) is 11.7. The maximum absolute atomic E-state index is 13.0. The second-order valence-corrected chi connectivity index (χ2v) is 9.09. The van der Waals surface area contributed by atoms with Gasteiger partial charge in [0.1, 0.15) is 6.61 Å². The van der Waals surface area contributed by atoms with Gasteiger partial charge in [0, 0.05) is 5.56 Å². The molecule has 0 saturated carbocycles. The molecule has 0 N–H and O–H groups in total. The molecule has 0 radical (unpaired) electrons. The van der Waals surface area contributed by atoms with Crippen LogP contribution in [-0.4, -0.2) is 16.5 Å². The number of fused-ring (bicyclic) bond motifs is 3. The van der Waals surface area contributed by atoms with Crippen LogP contribution in [0, 0.1) is 11.3 Å². The Morgan fingerprint density at radius 1 is 1.18 bits per heavy atom. The molecule has 33 heavy (non-hydrogen) atoms. The molecule has 0 fully saturated rings. The van der Waals surface area contributed by atoms with Crippen molar-refractivity contribution in [2.45, 2.75) is 6.61 Å². The molecule has 0 aliphatic carbocycles. The van der Waals surface area contributed by atoms with Crippen LogP contribution in [0.4, 0.5) is 0 Å². The van der Waals surface area contributed by atoms with Gasteiger partial charge in [0.25, 0.3) is 5.56 Å². The SMILES string of the molecule is COc1cc(/C=c2\sc3nc4ccccc4n3c2=O)cc(Br)c1OCc1ccccc1C#N. The molecular weight excluding hydrogens is 502 g/mol. The van der Waals surface area contributed by atoms with Crippen LogP contribution in [0.25, 0.3) is 22.1 Å². The predicted molar refractivity (Wildman–Crippen MR) is 132 cm³/mol. The number of rotatable bonds is 5. The minimum absolute atomic E-state index is 0.104. The van der Waals surface area contributed by atoms with Gasteiger partial charge in [-0.15, -0.1) is 0 Å². The lowest BCUT2D eigenvalue weighted by Crippen LogP contribution is -2.22. The van der Waals surface area contributed by atoms with Crippen LogP contribution in [0.15, 0.2) is 69.9 Å². The smallest absolute Gasteiger partial charge is 0.274 e. The Balaban J connectivity index is 1.52. The Bertz CT molecular complexity index is 1670. The van der Waals surface area contributed by atoms with Gasteiger partial charge in [-0.3, -0.25) is 4.79 Å². The standard InChI is InChI=1S/C25H16BrN3O3S/c1-31-21-11-15(10-18(26)23(21)32-14-17-7-3-2-6-16(17)13-27)12-22-24(30)29-20-9-5-4-8-19(20)28-25(29)33-22/h2-12H,14H2,1H3/b22-12-.